The Morgan fingerprint density at radius 1 is 1.22 bits per heavy atom. The number of nitrogens with zero attached hydrogens (tertiary/aromatic N) is 1. The molecular formula is C17H24N2O4. The fraction of sp³-hybridized carbons (Fsp3) is 0.706. The van der Waals surface area contributed by atoms with Crippen molar-refractivity contribution in [2.75, 3.05) is 19.6 Å². The van der Waals surface area contributed by atoms with E-state index < -0.39 is 17.8 Å². The number of nitrogens with one attached hydrogen (secondary N) is 1. The number of rotatable bonds is 6. The molecule has 6 nitrogen and oxygen atoms in total. The molecule has 0 aromatic carbocycles. The Hall–Kier alpha value is -1.85. The van der Waals surface area contributed by atoms with Crippen LogP contribution in [0.25, 0.3) is 0 Å². The molecule has 2 N–H and O–H groups in total. The number of allylic oxidation sites excluding steroid dienone is 2. The van der Waals surface area contributed by atoms with E-state index in [0.29, 0.717) is 25.9 Å². The highest BCUT2D eigenvalue weighted by molar-refractivity contribution is 5.86. The lowest BCUT2D eigenvalue weighted by atomic mass is 9.62. The first-order valence-corrected chi connectivity index (χ1v) is 8.54. The van der Waals surface area contributed by atoms with E-state index in [2.05, 4.69) is 5.32 Å². The van der Waals surface area contributed by atoms with Gasteiger partial charge in [0.1, 0.15) is 0 Å². The maximum absolute atomic E-state index is 12.5. The summed E-state index contributed by atoms with van der Waals surface area (Å²) in [6.45, 7) is 1.97. The summed E-state index contributed by atoms with van der Waals surface area (Å²) in [4.78, 5) is 37.4. The topological polar surface area (TPSA) is 86.7 Å². The van der Waals surface area contributed by atoms with Crippen LogP contribution >= 0.6 is 0 Å². The largest absolute Gasteiger partial charge is 0.481 e. The van der Waals surface area contributed by atoms with Crippen LogP contribution in [-0.2, 0) is 14.4 Å². The third-order valence-electron chi connectivity index (χ3n) is 5.41. The molecule has 1 saturated heterocycles. The Kier molecular flexibility index (Phi) is 4.68. The van der Waals surface area contributed by atoms with Crippen molar-refractivity contribution in [2.45, 2.75) is 32.1 Å². The lowest BCUT2D eigenvalue weighted by Crippen LogP contribution is -2.49. The first kappa shape index (κ1) is 16.0. The molecule has 4 rings (SSSR count). The Bertz CT molecular complexity index is 531. The molecule has 2 amide bonds. The monoisotopic (exact) mass is 320 g/mol. The minimum Gasteiger partial charge on any atom is -0.481 e. The average molecular weight is 320 g/mol. The molecule has 23 heavy (non-hydrogen) atoms. The van der Waals surface area contributed by atoms with E-state index in [-0.39, 0.29) is 23.7 Å². The van der Waals surface area contributed by atoms with Gasteiger partial charge in [0, 0.05) is 26.1 Å². The molecule has 2 fully saturated rings. The first-order chi connectivity index (χ1) is 11.1. The number of likely N-dealkylation sites (tertiary alicyclic amines) is 1. The number of amides is 2. The molecular weight excluding hydrogens is 296 g/mol. The van der Waals surface area contributed by atoms with E-state index in [1.807, 2.05) is 17.1 Å². The van der Waals surface area contributed by atoms with Crippen LogP contribution in [0.1, 0.15) is 32.1 Å². The molecule has 1 aliphatic heterocycles. The number of fused-ring (bicyclic) bond motifs is 2. The van der Waals surface area contributed by atoms with Crippen LogP contribution < -0.4 is 5.32 Å². The van der Waals surface area contributed by atoms with Crippen molar-refractivity contribution < 1.29 is 19.5 Å². The van der Waals surface area contributed by atoms with Gasteiger partial charge >= 0.3 is 5.97 Å². The van der Waals surface area contributed by atoms with Gasteiger partial charge in [-0.25, -0.2) is 0 Å². The number of hydrogen-bond acceptors (Lipinski definition) is 3. The smallest absolute Gasteiger partial charge is 0.307 e. The number of hydrogen-bond donors (Lipinski definition) is 2. The van der Waals surface area contributed by atoms with Gasteiger partial charge in [-0.3, -0.25) is 14.4 Å². The number of carboxylic acid groups (broad SMARTS) is 1. The minimum atomic E-state index is -0.869. The third kappa shape index (κ3) is 3.26. The Labute approximate surface area is 135 Å². The van der Waals surface area contributed by atoms with Crippen LogP contribution in [0.3, 0.4) is 0 Å². The summed E-state index contributed by atoms with van der Waals surface area (Å²) in [5.74, 6) is -1.85. The molecule has 3 aliphatic carbocycles. The number of carboxylic acids is 1. The normalized spacial score (nSPS) is 32.3. The maximum atomic E-state index is 12.5. The zero-order valence-electron chi connectivity index (χ0n) is 13.2. The molecule has 2 bridgehead atoms. The molecule has 126 valence electrons. The van der Waals surface area contributed by atoms with Crippen molar-refractivity contribution in [3.05, 3.63) is 12.2 Å². The second-order valence-electron chi connectivity index (χ2n) is 6.81. The predicted molar refractivity (Wildman–Crippen MR) is 83.4 cm³/mol. The quantitative estimate of drug-likeness (QED) is 0.565. The summed E-state index contributed by atoms with van der Waals surface area (Å²) in [6.07, 6.45) is 8.00. The molecule has 1 heterocycles. The third-order valence-corrected chi connectivity index (χ3v) is 5.41. The van der Waals surface area contributed by atoms with Gasteiger partial charge in [0.2, 0.25) is 11.8 Å². The van der Waals surface area contributed by atoms with E-state index in [0.717, 1.165) is 25.8 Å². The van der Waals surface area contributed by atoms with E-state index in [1.165, 1.54) is 0 Å². The van der Waals surface area contributed by atoms with Gasteiger partial charge in [0.05, 0.1) is 11.8 Å². The number of carbonyl (C=O) groups excluding carboxylic acids is 2. The molecule has 0 aromatic heterocycles. The maximum Gasteiger partial charge on any atom is 0.307 e. The van der Waals surface area contributed by atoms with E-state index >= 15 is 0 Å². The fourth-order valence-corrected chi connectivity index (χ4v) is 4.23. The van der Waals surface area contributed by atoms with E-state index in [4.69, 9.17) is 0 Å². The van der Waals surface area contributed by atoms with Crippen molar-refractivity contribution in [1.29, 1.82) is 0 Å². The van der Waals surface area contributed by atoms with Crippen molar-refractivity contribution >= 4 is 17.8 Å². The molecule has 0 radical (unpaired) electrons. The zero-order valence-corrected chi connectivity index (χ0v) is 13.2. The first-order valence-electron chi connectivity index (χ1n) is 8.54. The number of aliphatic carboxylic acids is 1. The summed E-state index contributed by atoms with van der Waals surface area (Å²) < 4.78 is 0. The van der Waals surface area contributed by atoms with Gasteiger partial charge in [-0.15, -0.1) is 0 Å². The molecule has 0 unspecified atom stereocenters. The second kappa shape index (κ2) is 6.72. The van der Waals surface area contributed by atoms with Gasteiger partial charge in [0.15, 0.2) is 0 Å². The van der Waals surface area contributed by atoms with E-state index in [1.54, 1.807) is 0 Å². The predicted octanol–water partition coefficient (Wildman–Crippen LogP) is 1.03. The van der Waals surface area contributed by atoms with Crippen molar-refractivity contribution in [3.63, 3.8) is 0 Å². The van der Waals surface area contributed by atoms with Crippen LogP contribution in [0, 0.1) is 23.7 Å². The molecule has 4 atom stereocenters. The van der Waals surface area contributed by atoms with Crippen molar-refractivity contribution in [2.24, 2.45) is 23.7 Å². The lowest BCUT2D eigenvalue weighted by Gasteiger charge is -2.41. The fourth-order valence-electron chi connectivity index (χ4n) is 4.23. The SMILES string of the molecule is O=C(NCCCN1CCCC1=O)[C@@H]1[C@H](C(=O)O)[C@H]2C=C[C@H]1CC2. The summed E-state index contributed by atoms with van der Waals surface area (Å²) in [7, 11) is 0. The Morgan fingerprint density at radius 2 is 1.91 bits per heavy atom. The average Bonchev–Trinajstić information content (AvgIpc) is 2.96. The van der Waals surface area contributed by atoms with Gasteiger partial charge in [0.25, 0.3) is 0 Å². The summed E-state index contributed by atoms with van der Waals surface area (Å²) >= 11 is 0. The summed E-state index contributed by atoms with van der Waals surface area (Å²) in [5.41, 5.74) is 0. The van der Waals surface area contributed by atoms with Gasteiger partial charge < -0.3 is 15.3 Å². The van der Waals surface area contributed by atoms with Crippen LogP contribution in [-0.4, -0.2) is 47.4 Å². The van der Waals surface area contributed by atoms with Crippen LogP contribution in [0.5, 0.6) is 0 Å². The Morgan fingerprint density at radius 3 is 2.48 bits per heavy atom. The second-order valence-corrected chi connectivity index (χ2v) is 6.81. The van der Waals surface area contributed by atoms with Gasteiger partial charge in [-0.1, -0.05) is 12.2 Å². The summed E-state index contributed by atoms with van der Waals surface area (Å²) in [6, 6.07) is 0. The zero-order chi connectivity index (χ0) is 16.4. The standard InChI is InChI=1S/C17H24N2O4/c20-13-3-1-9-19(13)10-2-8-18-16(21)14-11-4-6-12(7-5-11)15(14)17(22)23/h4,6,11-12,14-15H,1-3,5,7-10H2,(H,18,21)(H,22,23)/t11-,12-,14-,15+/m0/s1. The number of carbonyl (C=O) groups is 3. The van der Waals surface area contributed by atoms with E-state index in [9.17, 15) is 19.5 Å². The highest BCUT2D eigenvalue weighted by Crippen LogP contribution is 2.45. The van der Waals surface area contributed by atoms with Crippen molar-refractivity contribution in [3.8, 4) is 0 Å². The van der Waals surface area contributed by atoms with Gasteiger partial charge in [-0.2, -0.15) is 0 Å². The Balaban J connectivity index is 1.50. The van der Waals surface area contributed by atoms with Crippen LogP contribution in [0.15, 0.2) is 12.2 Å². The minimum absolute atomic E-state index is 0.0181. The van der Waals surface area contributed by atoms with Crippen molar-refractivity contribution in [1.82, 2.24) is 10.2 Å². The molecule has 6 heteroatoms. The van der Waals surface area contributed by atoms with Crippen LogP contribution in [0.2, 0.25) is 0 Å². The molecule has 1 saturated carbocycles. The molecule has 4 aliphatic rings. The highest BCUT2D eigenvalue weighted by atomic mass is 16.4. The highest BCUT2D eigenvalue weighted by Gasteiger charge is 2.47. The molecule has 0 spiro atoms. The van der Waals surface area contributed by atoms with Gasteiger partial charge in [-0.05, 0) is 37.5 Å². The van der Waals surface area contributed by atoms with Crippen LogP contribution in [0.4, 0.5) is 0 Å². The summed E-state index contributed by atoms with van der Waals surface area (Å²) in [5, 5.41) is 12.4. The molecule has 0 aromatic rings. The lowest BCUT2D eigenvalue weighted by molar-refractivity contribution is -0.153.